The SMILES string of the molecule is CCCCc1nc(Cl)c(COC(=O)NC(C(=O)Oc2cccc(CON(O)O)c2)C(C)C)n1Cc1ccc(-c2ccccc2-c2nn[nH]n2)cc1. The number of amides is 1. The maximum absolute atomic E-state index is 13.1. The number of aryl methyl sites for hydroxylation is 1. The van der Waals surface area contributed by atoms with Crippen molar-refractivity contribution in [2.45, 2.75) is 65.8 Å². The number of nitrogens with zero attached hydrogens (tertiary/aromatic N) is 6. The molecule has 51 heavy (non-hydrogen) atoms. The predicted octanol–water partition coefficient (Wildman–Crippen LogP) is 6.14. The standard InChI is InChI=1S/C35H39ClN8O7/c1-4-5-13-30-37-32(36)29(43(30)19-23-14-16-25(17-15-23)27-11-6-7-12-28(27)33-39-41-42-40-33)21-49-35(46)38-31(22(2)3)34(45)51-26-10-8-9-24(18-26)20-50-44(47)48/h6-12,14-18,22,31,47-48H,4-5,13,19-21H2,1-3H3,(H,38,46)(H,39,40,41,42). The molecule has 0 fully saturated rings. The number of hydrogen-bond donors (Lipinski definition) is 4. The van der Waals surface area contributed by atoms with Crippen LogP contribution in [0.3, 0.4) is 0 Å². The number of hydrogen-bond acceptors (Lipinski definition) is 12. The van der Waals surface area contributed by atoms with E-state index in [2.05, 4.69) is 42.7 Å². The van der Waals surface area contributed by atoms with Crippen LogP contribution >= 0.6 is 11.6 Å². The number of nitrogens with one attached hydrogen (secondary N) is 2. The number of imidazole rings is 1. The van der Waals surface area contributed by atoms with Gasteiger partial charge in [-0.2, -0.15) is 5.21 Å². The summed E-state index contributed by atoms with van der Waals surface area (Å²) in [6.07, 6.45) is 1.71. The van der Waals surface area contributed by atoms with Gasteiger partial charge in [-0.05, 0) is 51.9 Å². The first-order chi connectivity index (χ1) is 24.6. The van der Waals surface area contributed by atoms with Gasteiger partial charge in [-0.3, -0.25) is 10.4 Å². The van der Waals surface area contributed by atoms with Gasteiger partial charge in [-0.1, -0.05) is 99.5 Å². The van der Waals surface area contributed by atoms with Crippen LogP contribution in [0.2, 0.25) is 5.15 Å². The Morgan fingerprint density at radius 2 is 1.76 bits per heavy atom. The number of alkyl carbamates (subject to hydrolysis) is 1. The van der Waals surface area contributed by atoms with Crippen molar-refractivity contribution in [2.75, 3.05) is 0 Å². The number of benzene rings is 3. The summed E-state index contributed by atoms with van der Waals surface area (Å²) >= 11 is 6.62. The summed E-state index contributed by atoms with van der Waals surface area (Å²) < 4.78 is 13.1. The van der Waals surface area contributed by atoms with E-state index in [9.17, 15) is 9.59 Å². The molecule has 4 N–H and O–H groups in total. The first-order valence-electron chi connectivity index (χ1n) is 16.3. The molecule has 15 nitrogen and oxygen atoms in total. The number of tetrazole rings is 1. The van der Waals surface area contributed by atoms with Gasteiger partial charge in [0.15, 0.2) is 5.15 Å². The molecule has 1 atom stereocenters. The van der Waals surface area contributed by atoms with Gasteiger partial charge in [0, 0.05) is 18.5 Å². The minimum absolute atomic E-state index is 0.182. The van der Waals surface area contributed by atoms with Crippen LogP contribution in [0.25, 0.3) is 22.5 Å². The summed E-state index contributed by atoms with van der Waals surface area (Å²) in [5, 5.41) is 34.5. The van der Waals surface area contributed by atoms with E-state index in [4.69, 9.17) is 31.5 Å². The van der Waals surface area contributed by atoms with Crippen molar-refractivity contribution < 1.29 is 34.3 Å². The maximum Gasteiger partial charge on any atom is 0.408 e. The molecule has 2 aromatic heterocycles. The average Bonchev–Trinajstić information content (AvgIpc) is 3.76. The zero-order chi connectivity index (χ0) is 36.3. The fourth-order valence-corrected chi connectivity index (χ4v) is 5.60. The Kier molecular flexibility index (Phi) is 12.8. The number of carbonyl (C=O) groups excluding carboxylic acids is 2. The van der Waals surface area contributed by atoms with Gasteiger partial charge in [0.2, 0.25) is 5.82 Å². The van der Waals surface area contributed by atoms with Crippen molar-refractivity contribution in [1.82, 2.24) is 40.9 Å². The van der Waals surface area contributed by atoms with Gasteiger partial charge in [0.25, 0.3) is 0 Å². The normalized spacial score (nSPS) is 11.9. The Hall–Kier alpha value is -5.19. The number of H-pyrrole nitrogens is 1. The fraction of sp³-hybridized carbons (Fsp3) is 0.314. The van der Waals surface area contributed by atoms with E-state index in [1.165, 1.54) is 6.07 Å². The molecule has 0 spiro atoms. The first kappa shape index (κ1) is 37.1. The molecule has 0 aliphatic carbocycles. The first-order valence-corrected chi connectivity index (χ1v) is 16.7. The van der Waals surface area contributed by atoms with Gasteiger partial charge in [0.1, 0.15) is 24.2 Å². The highest BCUT2D eigenvalue weighted by molar-refractivity contribution is 6.30. The third-order valence-electron chi connectivity index (χ3n) is 7.97. The molecule has 1 unspecified atom stereocenters. The van der Waals surface area contributed by atoms with E-state index < -0.39 is 23.5 Å². The number of esters is 1. The molecule has 1 amide bonds. The van der Waals surface area contributed by atoms with Crippen LogP contribution in [0, 0.1) is 5.92 Å². The topological polar surface area (TPSA) is 190 Å². The van der Waals surface area contributed by atoms with Crippen LogP contribution in [-0.4, -0.2) is 64.1 Å². The van der Waals surface area contributed by atoms with E-state index in [0.29, 0.717) is 30.0 Å². The summed E-state index contributed by atoms with van der Waals surface area (Å²) in [6.45, 7) is 5.68. The quantitative estimate of drug-likeness (QED) is 0.0519. The molecule has 0 radical (unpaired) electrons. The summed E-state index contributed by atoms with van der Waals surface area (Å²) in [6, 6.07) is 21.2. The second-order valence-electron chi connectivity index (χ2n) is 12.0. The van der Waals surface area contributed by atoms with Crippen molar-refractivity contribution in [3.05, 3.63) is 101 Å². The number of halogens is 1. The molecule has 0 saturated carbocycles. The highest BCUT2D eigenvalue weighted by Gasteiger charge is 2.28. The van der Waals surface area contributed by atoms with Crippen LogP contribution in [0.1, 0.15) is 56.3 Å². The molecule has 5 aromatic rings. The van der Waals surface area contributed by atoms with E-state index in [1.54, 1.807) is 32.0 Å². The van der Waals surface area contributed by atoms with Crippen LogP contribution in [0.5, 0.6) is 5.75 Å². The van der Waals surface area contributed by atoms with Crippen LogP contribution in [-0.2, 0) is 40.5 Å². The average molecular weight is 719 g/mol. The lowest BCUT2D eigenvalue weighted by atomic mass is 9.98. The molecule has 3 aromatic carbocycles. The Morgan fingerprint density at radius 1 is 1.00 bits per heavy atom. The Bertz CT molecular complexity index is 1900. The van der Waals surface area contributed by atoms with Gasteiger partial charge in [-0.15, -0.1) is 10.2 Å². The number of carbonyl (C=O) groups is 2. The van der Waals surface area contributed by atoms with Gasteiger partial charge >= 0.3 is 12.1 Å². The van der Waals surface area contributed by atoms with Crippen molar-refractivity contribution in [3.63, 3.8) is 0 Å². The van der Waals surface area contributed by atoms with Crippen LogP contribution < -0.4 is 10.1 Å². The summed E-state index contributed by atoms with van der Waals surface area (Å²) in [7, 11) is 0. The molecule has 0 aliphatic rings. The lowest BCUT2D eigenvalue weighted by Crippen LogP contribution is -2.46. The minimum Gasteiger partial charge on any atom is -0.443 e. The van der Waals surface area contributed by atoms with Gasteiger partial charge in [-0.25, -0.2) is 19.4 Å². The van der Waals surface area contributed by atoms with Gasteiger partial charge in [0.05, 0.1) is 17.7 Å². The fourth-order valence-electron chi connectivity index (χ4n) is 5.34. The summed E-state index contributed by atoms with van der Waals surface area (Å²) in [5.41, 5.74) is 4.81. The lowest BCUT2D eigenvalue weighted by Gasteiger charge is -2.21. The number of aromatic amines is 1. The zero-order valence-electron chi connectivity index (χ0n) is 28.3. The highest BCUT2D eigenvalue weighted by atomic mass is 35.5. The Balaban J connectivity index is 1.27. The molecule has 16 heteroatoms. The lowest BCUT2D eigenvalue weighted by molar-refractivity contribution is -0.497. The van der Waals surface area contributed by atoms with E-state index in [0.717, 1.165) is 40.9 Å². The number of aromatic nitrogens is 6. The summed E-state index contributed by atoms with van der Waals surface area (Å²) in [4.78, 5) is 35.3. The minimum atomic E-state index is -1.04. The Morgan fingerprint density at radius 3 is 2.45 bits per heavy atom. The predicted molar refractivity (Wildman–Crippen MR) is 184 cm³/mol. The molecular weight excluding hydrogens is 680 g/mol. The smallest absolute Gasteiger partial charge is 0.408 e. The highest BCUT2D eigenvalue weighted by Crippen LogP contribution is 2.30. The largest absolute Gasteiger partial charge is 0.443 e. The van der Waals surface area contributed by atoms with Crippen molar-refractivity contribution in [1.29, 1.82) is 0 Å². The second-order valence-corrected chi connectivity index (χ2v) is 12.3. The molecular formula is C35H39ClN8O7. The number of rotatable bonds is 16. The van der Waals surface area contributed by atoms with Crippen LogP contribution in [0.4, 0.5) is 4.79 Å². The molecule has 0 bridgehead atoms. The van der Waals surface area contributed by atoms with Crippen molar-refractivity contribution >= 4 is 23.7 Å². The number of ether oxygens (including phenoxy) is 2. The third-order valence-corrected chi connectivity index (χ3v) is 8.28. The summed E-state index contributed by atoms with van der Waals surface area (Å²) in [5.74, 6) is 0.410. The van der Waals surface area contributed by atoms with Crippen LogP contribution in [0.15, 0.2) is 72.8 Å². The third kappa shape index (κ3) is 9.96. The van der Waals surface area contributed by atoms with E-state index in [-0.39, 0.29) is 30.0 Å². The molecule has 5 rings (SSSR count). The van der Waals surface area contributed by atoms with Gasteiger partial charge < -0.3 is 19.4 Å². The maximum atomic E-state index is 13.1. The monoisotopic (exact) mass is 718 g/mol. The zero-order valence-corrected chi connectivity index (χ0v) is 29.1. The van der Waals surface area contributed by atoms with Crippen molar-refractivity contribution in [3.8, 4) is 28.3 Å². The molecule has 0 saturated heterocycles. The molecule has 268 valence electrons. The molecule has 2 heterocycles. The second kappa shape index (κ2) is 17.6. The van der Waals surface area contributed by atoms with E-state index >= 15 is 0 Å². The Labute approximate surface area is 299 Å². The molecule has 0 aliphatic heterocycles. The van der Waals surface area contributed by atoms with E-state index in [1.807, 2.05) is 53.1 Å². The van der Waals surface area contributed by atoms with Crippen molar-refractivity contribution in [2.24, 2.45) is 5.92 Å². The number of unbranched alkanes of at least 4 members (excludes halogenated alkanes) is 1.